The van der Waals surface area contributed by atoms with Gasteiger partial charge in [-0.15, -0.1) is 0 Å². The van der Waals surface area contributed by atoms with Gasteiger partial charge in [0, 0.05) is 0 Å². The molecule has 0 fully saturated rings. The molecule has 0 aliphatic heterocycles. The molecule has 0 N–H and O–H groups in total. The Morgan fingerprint density at radius 2 is 1.36 bits per heavy atom. The molecule has 4 aromatic rings. The first-order valence-corrected chi connectivity index (χ1v) is 19.8. The summed E-state index contributed by atoms with van der Waals surface area (Å²) in [5.41, 5.74) is 8.05. The quantitative estimate of drug-likeness (QED) is 0.250. The third-order valence-corrected chi connectivity index (χ3v) is 26.2. The SMILES string of the molecule is Cc1ccc2c(c1)Cc1c-2ccc(C)[c]1[Zr+2]([C]1=CC=CC1)=[Si](c1ccccc1)c1ccccc1.[Cl-].[Cl-]. The third-order valence-electron chi connectivity index (χ3n) is 7.16. The standard InChI is InChI=1S/C15H13.C12H10Si.C5H5.2ClH.Zr/c1-10-3-5-14-12(7-10)9-13-8-11(2)4-6-15(13)14;1-3-7-11(8-4-1)13-12-9-5-2-6-10-12;1-2-4-5-3-1;;;/h3-7H,9H2,1-2H3;1-10H;1-3H,4H2;2*1H;/q;;;;;+2/p-2. The van der Waals surface area contributed by atoms with Crippen molar-refractivity contribution in [3.8, 4) is 11.1 Å². The zero-order chi connectivity index (χ0) is 23.1. The van der Waals surface area contributed by atoms with E-state index in [-0.39, 0.29) is 24.8 Å². The predicted molar refractivity (Wildman–Crippen MR) is 144 cm³/mol. The molecule has 2 aliphatic carbocycles. The molecule has 4 heteroatoms. The summed E-state index contributed by atoms with van der Waals surface area (Å²) in [6.45, 7) is 4.60. The molecule has 0 spiro atoms. The van der Waals surface area contributed by atoms with E-state index in [2.05, 4.69) is 123 Å². The minimum Gasteiger partial charge on any atom is -1.00 e. The minimum absolute atomic E-state index is 0. The average Bonchev–Trinajstić information content (AvgIpc) is 3.52. The van der Waals surface area contributed by atoms with Gasteiger partial charge in [-0.2, -0.15) is 0 Å². The molecule has 0 heterocycles. The van der Waals surface area contributed by atoms with Gasteiger partial charge in [-0.05, 0) is 0 Å². The molecular formula is C32H28Cl2SiZr. The van der Waals surface area contributed by atoms with Crippen LogP contribution in [0.1, 0.15) is 28.7 Å². The van der Waals surface area contributed by atoms with Crippen LogP contribution in [0.4, 0.5) is 0 Å². The number of benzene rings is 4. The van der Waals surface area contributed by atoms with Crippen molar-refractivity contribution in [2.75, 3.05) is 0 Å². The molecule has 2 aliphatic rings. The minimum atomic E-state index is -2.35. The number of allylic oxidation sites excluding steroid dienone is 4. The first-order chi connectivity index (χ1) is 16.7. The zero-order valence-electron chi connectivity index (χ0n) is 20.6. The maximum Gasteiger partial charge on any atom is -1.00 e. The average molecular weight is 603 g/mol. The van der Waals surface area contributed by atoms with Gasteiger partial charge >= 0.3 is 212 Å². The summed E-state index contributed by atoms with van der Waals surface area (Å²) in [7, 11) is 0. The van der Waals surface area contributed by atoms with E-state index in [9.17, 15) is 0 Å². The second kappa shape index (κ2) is 11.6. The van der Waals surface area contributed by atoms with Gasteiger partial charge in [-0.3, -0.25) is 0 Å². The largest absolute Gasteiger partial charge is 1.00 e. The molecule has 0 saturated heterocycles. The normalized spacial score (nSPS) is 12.4. The van der Waals surface area contributed by atoms with Crippen LogP contribution in [0.2, 0.25) is 0 Å². The number of hydrogen-bond acceptors (Lipinski definition) is 0. The van der Waals surface area contributed by atoms with Crippen LogP contribution in [0.25, 0.3) is 11.1 Å². The van der Waals surface area contributed by atoms with Crippen LogP contribution < -0.4 is 38.5 Å². The Morgan fingerprint density at radius 1 is 0.722 bits per heavy atom. The van der Waals surface area contributed by atoms with Gasteiger partial charge < -0.3 is 24.8 Å². The molecule has 0 aromatic heterocycles. The van der Waals surface area contributed by atoms with Crippen molar-refractivity contribution in [3.63, 3.8) is 0 Å². The van der Waals surface area contributed by atoms with E-state index >= 15 is 0 Å². The summed E-state index contributed by atoms with van der Waals surface area (Å²) in [6, 6.07) is 34.8. The van der Waals surface area contributed by atoms with Crippen molar-refractivity contribution in [3.05, 3.63) is 135 Å². The predicted octanol–water partition coefficient (Wildman–Crippen LogP) is -0.224. The molecule has 6 rings (SSSR count). The number of rotatable bonds is 4. The van der Waals surface area contributed by atoms with Crippen LogP contribution in [0.3, 0.4) is 0 Å². The summed E-state index contributed by atoms with van der Waals surface area (Å²) in [4.78, 5) is 0. The van der Waals surface area contributed by atoms with E-state index in [0.29, 0.717) is 0 Å². The van der Waals surface area contributed by atoms with Crippen molar-refractivity contribution in [1.29, 1.82) is 0 Å². The monoisotopic (exact) mass is 600 g/mol. The Labute approximate surface area is 235 Å². The molecule has 0 bridgehead atoms. The Kier molecular flexibility index (Phi) is 8.74. The van der Waals surface area contributed by atoms with Gasteiger partial charge in [0.15, 0.2) is 0 Å². The van der Waals surface area contributed by atoms with Crippen molar-refractivity contribution in [2.45, 2.75) is 26.7 Å². The van der Waals surface area contributed by atoms with E-state index in [1.807, 2.05) is 0 Å². The van der Waals surface area contributed by atoms with Crippen molar-refractivity contribution in [1.82, 2.24) is 0 Å². The Morgan fingerprint density at radius 3 is 1.97 bits per heavy atom. The molecule has 0 radical (unpaired) electrons. The number of aryl methyl sites for hydroxylation is 2. The van der Waals surface area contributed by atoms with Crippen molar-refractivity contribution < 1.29 is 45.2 Å². The fourth-order valence-corrected chi connectivity index (χ4v) is 26.9. The molecule has 0 amide bonds. The van der Waals surface area contributed by atoms with Gasteiger partial charge in [-0.25, -0.2) is 0 Å². The summed E-state index contributed by atoms with van der Waals surface area (Å²) in [5, 5.41) is 3.15. The summed E-state index contributed by atoms with van der Waals surface area (Å²) in [6.07, 6.45) is 9.39. The molecular weight excluding hydrogens is 575 g/mol. The second-order valence-electron chi connectivity index (χ2n) is 9.43. The number of halogens is 2. The van der Waals surface area contributed by atoms with E-state index in [4.69, 9.17) is 0 Å². The smallest absolute Gasteiger partial charge is 1.00 e. The maximum absolute atomic E-state index is 2.48. The Bertz CT molecular complexity index is 1460. The topological polar surface area (TPSA) is 0 Å². The number of fused-ring (bicyclic) bond motifs is 3. The van der Waals surface area contributed by atoms with Gasteiger partial charge in [0.25, 0.3) is 0 Å². The van der Waals surface area contributed by atoms with Gasteiger partial charge in [0.1, 0.15) is 0 Å². The summed E-state index contributed by atoms with van der Waals surface area (Å²) in [5.74, 6) is 0. The van der Waals surface area contributed by atoms with Gasteiger partial charge in [0.2, 0.25) is 0 Å². The first-order valence-electron chi connectivity index (χ1n) is 12.1. The molecule has 4 aromatic carbocycles. The van der Waals surface area contributed by atoms with Crippen LogP contribution >= 0.6 is 0 Å². The summed E-state index contributed by atoms with van der Waals surface area (Å²) >= 11 is -2.35. The third kappa shape index (κ3) is 4.94. The van der Waals surface area contributed by atoms with E-state index in [1.54, 1.807) is 22.5 Å². The Hall–Kier alpha value is -1.96. The molecule has 0 unspecified atom stereocenters. The van der Waals surface area contributed by atoms with E-state index in [0.717, 1.165) is 12.8 Å². The molecule has 0 atom stereocenters. The van der Waals surface area contributed by atoms with Crippen LogP contribution in [0, 0.1) is 13.8 Å². The van der Waals surface area contributed by atoms with Crippen LogP contribution in [-0.4, -0.2) is 5.43 Å². The fraction of sp³-hybridized carbons (Fsp3) is 0.125. The first kappa shape index (κ1) is 27.1. The second-order valence-corrected chi connectivity index (χ2v) is 22.6. The van der Waals surface area contributed by atoms with Crippen molar-refractivity contribution in [2.24, 2.45) is 0 Å². The summed E-state index contributed by atoms with van der Waals surface area (Å²) < 4.78 is 3.53. The van der Waals surface area contributed by atoms with Crippen molar-refractivity contribution >= 4 is 19.1 Å². The maximum atomic E-state index is 2.48. The van der Waals surface area contributed by atoms with Gasteiger partial charge in [-0.1, -0.05) is 0 Å². The molecule has 0 saturated carbocycles. The fourth-order valence-electron chi connectivity index (χ4n) is 5.61. The molecule has 0 nitrogen and oxygen atoms in total. The van der Waals surface area contributed by atoms with Crippen LogP contribution in [0.15, 0.2) is 113 Å². The molecule has 36 heavy (non-hydrogen) atoms. The molecule has 178 valence electrons. The Balaban J connectivity index is 0.00000152. The van der Waals surface area contributed by atoms with E-state index in [1.165, 1.54) is 27.8 Å². The number of hydrogen-bond donors (Lipinski definition) is 0. The van der Waals surface area contributed by atoms with Crippen LogP contribution in [-0.2, 0) is 26.8 Å². The zero-order valence-corrected chi connectivity index (χ0v) is 25.5. The van der Waals surface area contributed by atoms with Gasteiger partial charge in [0.05, 0.1) is 0 Å². The van der Waals surface area contributed by atoms with Crippen LogP contribution in [0.5, 0.6) is 0 Å². The van der Waals surface area contributed by atoms with E-state index < -0.39 is 25.8 Å².